The molecule has 0 bridgehead atoms. The molecule has 0 aliphatic heterocycles. The number of H-pyrrole nitrogens is 1. The van der Waals surface area contributed by atoms with Crippen molar-refractivity contribution in [2.45, 2.75) is 130 Å². The van der Waals surface area contributed by atoms with Crippen LogP contribution in [0.2, 0.25) is 0 Å². The Morgan fingerprint density at radius 1 is 1.00 bits per heavy atom. The number of imidazole rings is 1. The molecule has 44 heavy (non-hydrogen) atoms. The molecular formula is C35H56N4O5. The lowest BCUT2D eigenvalue weighted by Crippen LogP contribution is -2.54. The molecule has 9 nitrogen and oxygen atoms in total. The predicted molar refractivity (Wildman–Crippen MR) is 168 cm³/mol. The Hall–Kier alpha value is -2.42. The molecule has 4 aliphatic rings. The summed E-state index contributed by atoms with van der Waals surface area (Å²) < 4.78 is 0. The Morgan fingerprint density at radius 3 is 2.41 bits per heavy atom. The summed E-state index contributed by atoms with van der Waals surface area (Å²) >= 11 is 0. The first-order valence-corrected chi connectivity index (χ1v) is 17.3. The quantitative estimate of drug-likeness (QED) is 0.235. The van der Waals surface area contributed by atoms with Crippen LogP contribution in [0, 0.1) is 52.3 Å². The molecule has 11 atom stereocenters. The fourth-order valence-electron chi connectivity index (χ4n) is 10.6. The van der Waals surface area contributed by atoms with E-state index >= 15 is 0 Å². The molecule has 9 heteroatoms. The smallest absolute Gasteiger partial charge is 0.326 e. The SMILES string of the molecule is CC(C)C(NC(=O)CCC(C)[C@H]1CC[C@H]2[C@@H]3CC[C@@H]4C[C@H](O)CC[C@]4(C)[C@H]3CC[C@]12C)C(=O)NC(Cc1cnc[nH]1)C(=O)O. The maximum absolute atomic E-state index is 13.2. The second kappa shape index (κ2) is 13.1. The summed E-state index contributed by atoms with van der Waals surface area (Å²) in [7, 11) is 0. The normalized spacial score (nSPS) is 36.8. The highest BCUT2D eigenvalue weighted by atomic mass is 16.4. The summed E-state index contributed by atoms with van der Waals surface area (Å²) in [5.41, 5.74) is 1.31. The van der Waals surface area contributed by atoms with Crippen LogP contribution in [0.25, 0.3) is 0 Å². The number of aliphatic hydroxyl groups excluding tert-OH is 1. The van der Waals surface area contributed by atoms with E-state index in [2.05, 4.69) is 41.4 Å². The van der Waals surface area contributed by atoms with Gasteiger partial charge in [-0.2, -0.15) is 0 Å². The van der Waals surface area contributed by atoms with Crippen LogP contribution in [0.4, 0.5) is 0 Å². The number of aliphatic hydroxyl groups is 1. The second-order valence-corrected chi connectivity index (χ2v) is 15.8. The molecule has 0 spiro atoms. The number of aromatic amines is 1. The van der Waals surface area contributed by atoms with Gasteiger partial charge in [0.25, 0.3) is 0 Å². The summed E-state index contributed by atoms with van der Waals surface area (Å²) in [5.74, 6) is 2.07. The second-order valence-electron chi connectivity index (χ2n) is 15.8. The molecule has 4 fully saturated rings. The summed E-state index contributed by atoms with van der Waals surface area (Å²) in [6.07, 6.45) is 14.9. The third-order valence-corrected chi connectivity index (χ3v) is 13.1. The van der Waals surface area contributed by atoms with Gasteiger partial charge in [0.2, 0.25) is 11.8 Å². The van der Waals surface area contributed by atoms with E-state index in [4.69, 9.17) is 0 Å². The van der Waals surface area contributed by atoms with Gasteiger partial charge in [-0.25, -0.2) is 9.78 Å². The molecule has 1 aromatic heterocycles. The Kier molecular flexibility index (Phi) is 9.84. The number of carboxylic acid groups (broad SMARTS) is 1. The minimum Gasteiger partial charge on any atom is -0.480 e. The average molecular weight is 613 g/mol. The van der Waals surface area contributed by atoms with Crippen LogP contribution in [-0.2, 0) is 20.8 Å². The molecular weight excluding hydrogens is 556 g/mol. The van der Waals surface area contributed by atoms with Crippen molar-refractivity contribution in [3.05, 3.63) is 18.2 Å². The number of aliphatic carboxylic acids is 1. The van der Waals surface area contributed by atoms with Crippen LogP contribution >= 0.6 is 0 Å². The molecule has 0 saturated heterocycles. The van der Waals surface area contributed by atoms with E-state index in [-0.39, 0.29) is 24.3 Å². The van der Waals surface area contributed by atoms with Gasteiger partial charge < -0.3 is 25.8 Å². The lowest BCUT2D eigenvalue weighted by Gasteiger charge is -2.61. The van der Waals surface area contributed by atoms with Crippen molar-refractivity contribution in [3.63, 3.8) is 0 Å². The molecule has 0 radical (unpaired) electrons. The number of hydrogen-bond acceptors (Lipinski definition) is 5. The first-order valence-electron chi connectivity index (χ1n) is 17.3. The monoisotopic (exact) mass is 612 g/mol. The van der Waals surface area contributed by atoms with Crippen LogP contribution in [0.3, 0.4) is 0 Å². The lowest BCUT2D eigenvalue weighted by atomic mass is 9.44. The molecule has 0 aromatic carbocycles. The van der Waals surface area contributed by atoms with Crippen LogP contribution in [0.1, 0.15) is 111 Å². The average Bonchev–Trinajstić information content (AvgIpc) is 3.61. The minimum absolute atomic E-state index is 0.0864. The van der Waals surface area contributed by atoms with Gasteiger partial charge in [0.05, 0.1) is 12.4 Å². The number of nitrogens with one attached hydrogen (secondary N) is 3. The number of fused-ring (bicyclic) bond motifs is 5. The number of hydrogen-bond donors (Lipinski definition) is 5. The largest absolute Gasteiger partial charge is 0.480 e. The van der Waals surface area contributed by atoms with E-state index in [9.17, 15) is 24.6 Å². The van der Waals surface area contributed by atoms with E-state index in [1.807, 2.05) is 13.8 Å². The van der Waals surface area contributed by atoms with Gasteiger partial charge in [0.15, 0.2) is 0 Å². The zero-order chi connectivity index (χ0) is 31.8. The number of carbonyl (C=O) groups excluding carboxylic acids is 2. The third-order valence-electron chi connectivity index (χ3n) is 13.1. The number of carbonyl (C=O) groups is 3. The minimum atomic E-state index is -1.13. The van der Waals surface area contributed by atoms with Gasteiger partial charge in [-0.05, 0) is 116 Å². The Morgan fingerprint density at radius 2 is 1.73 bits per heavy atom. The molecule has 3 unspecified atom stereocenters. The van der Waals surface area contributed by atoms with E-state index in [1.165, 1.54) is 57.5 Å². The van der Waals surface area contributed by atoms with E-state index < -0.39 is 24.0 Å². The van der Waals surface area contributed by atoms with Crippen molar-refractivity contribution < 1.29 is 24.6 Å². The maximum Gasteiger partial charge on any atom is 0.326 e. The third kappa shape index (κ3) is 6.45. The van der Waals surface area contributed by atoms with Crippen molar-refractivity contribution in [2.75, 3.05) is 0 Å². The first-order chi connectivity index (χ1) is 20.8. The molecule has 5 rings (SSSR count). The molecule has 2 amide bonds. The summed E-state index contributed by atoms with van der Waals surface area (Å²) in [4.78, 5) is 44.9. The molecule has 5 N–H and O–H groups in total. The van der Waals surface area contributed by atoms with Crippen LogP contribution in [-0.4, -0.2) is 56.2 Å². The fraction of sp³-hybridized carbons (Fsp3) is 0.829. The van der Waals surface area contributed by atoms with Crippen LogP contribution in [0.5, 0.6) is 0 Å². The van der Waals surface area contributed by atoms with Gasteiger partial charge in [-0.15, -0.1) is 0 Å². The highest BCUT2D eigenvalue weighted by Gasteiger charge is 2.60. The maximum atomic E-state index is 13.2. The fourth-order valence-corrected chi connectivity index (χ4v) is 10.6. The Bertz CT molecular complexity index is 1170. The van der Waals surface area contributed by atoms with Gasteiger partial charge >= 0.3 is 5.97 Å². The summed E-state index contributed by atoms with van der Waals surface area (Å²) in [6, 6.07) is -1.92. The van der Waals surface area contributed by atoms with Gasteiger partial charge in [0, 0.05) is 24.7 Å². The zero-order valence-electron chi connectivity index (χ0n) is 27.5. The van der Waals surface area contributed by atoms with Gasteiger partial charge in [-0.3, -0.25) is 9.59 Å². The summed E-state index contributed by atoms with van der Waals surface area (Å²) in [6.45, 7) is 11.1. The highest BCUT2D eigenvalue weighted by Crippen LogP contribution is 2.68. The summed E-state index contributed by atoms with van der Waals surface area (Å²) in [5, 5.41) is 25.6. The van der Waals surface area contributed by atoms with Gasteiger partial charge in [-0.1, -0.05) is 34.6 Å². The molecule has 1 aromatic rings. The van der Waals surface area contributed by atoms with Crippen molar-refractivity contribution >= 4 is 17.8 Å². The lowest BCUT2D eigenvalue weighted by molar-refractivity contribution is -0.142. The molecule has 1 heterocycles. The topological polar surface area (TPSA) is 144 Å². The molecule has 246 valence electrons. The zero-order valence-corrected chi connectivity index (χ0v) is 27.5. The number of aromatic nitrogens is 2. The van der Waals surface area contributed by atoms with E-state index in [0.717, 1.165) is 37.0 Å². The first kappa shape index (κ1) is 33.0. The number of amides is 2. The van der Waals surface area contributed by atoms with E-state index in [0.29, 0.717) is 40.7 Å². The number of carboxylic acids is 1. The number of rotatable bonds is 11. The molecule has 4 saturated carbocycles. The van der Waals surface area contributed by atoms with E-state index in [1.54, 1.807) is 0 Å². The Balaban J connectivity index is 1.15. The van der Waals surface area contributed by atoms with Crippen molar-refractivity contribution in [3.8, 4) is 0 Å². The Labute approximate surface area is 263 Å². The van der Waals surface area contributed by atoms with Gasteiger partial charge in [0.1, 0.15) is 12.1 Å². The van der Waals surface area contributed by atoms with Crippen LogP contribution in [0.15, 0.2) is 12.5 Å². The number of nitrogens with zero attached hydrogens (tertiary/aromatic N) is 1. The van der Waals surface area contributed by atoms with Crippen molar-refractivity contribution in [1.82, 2.24) is 20.6 Å². The van der Waals surface area contributed by atoms with Crippen LogP contribution < -0.4 is 10.6 Å². The predicted octanol–water partition coefficient (Wildman–Crippen LogP) is 5.10. The standard InChI is InChI=1S/C35H56N4O5/c1-20(2)31(32(42)38-29(33(43)44)17-23-18-36-19-37-23)39-30(41)11-6-21(3)26-9-10-27-25-8-7-22-16-24(40)12-14-34(22,4)28(25)13-15-35(26,27)5/h18-22,24-29,31,40H,6-17H2,1-5H3,(H,36,37)(H,38,42)(H,39,41)(H,43,44)/t21?,22-,24-,25+,26-,27+,28+,29?,31?,34+,35-/m1/s1. The highest BCUT2D eigenvalue weighted by molar-refractivity contribution is 5.90. The molecule has 4 aliphatic carbocycles. The van der Waals surface area contributed by atoms with Crippen molar-refractivity contribution in [2.24, 2.45) is 52.3 Å². The van der Waals surface area contributed by atoms with Crippen molar-refractivity contribution in [1.29, 1.82) is 0 Å².